The Hall–Kier alpha value is -2.00. The van der Waals surface area contributed by atoms with Crippen molar-refractivity contribution in [2.75, 3.05) is 13.1 Å². The lowest BCUT2D eigenvalue weighted by Gasteiger charge is -2.35. The first-order valence-corrected chi connectivity index (χ1v) is 8.31. The second-order valence-corrected chi connectivity index (χ2v) is 6.43. The van der Waals surface area contributed by atoms with Crippen LogP contribution in [0.3, 0.4) is 0 Å². The molecule has 4 amide bonds. The van der Waals surface area contributed by atoms with E-state index in [1.54, 1.807) is 12.4 Å². The molecule has 23 heavy (non-hydrogen) atoms. The third kappa shape index (κ3) is 4.49. The largest absolute Gasteiger partial charge is 0.351 e. The maximum atomic E-state index is 12.2. The van der Waals surface area contributed by atoms with E-state index < -0.39 is 18.0 Å². The van der Waals surface area contributed by atoms with Crippen LogP contribution in [0.15, 0.2) is 5.51 Å². The molecule has 0 unspecified atom stereocenters. The van der Waals surface area contributed by atoms with Crippen LogP contribution in [0, 0.1) is 6.92 Å². The second kappa shape index (κ2) is 7.51. The smallest absolute Gasteiger partial charge is 0.318 e. The number of urea groups is 1. The van der Waals surface area contributed by atoms with Gasteiger partial charge in [-0.3, -0.25) is 19.8 Å². The monoisotopic (exact) mass is 339 g/mol. The Bertz CT molecular complexity index is 595. The molecule has 1 fully saturated rings. The third-order valence-electron chi connectivity index (χ3n) is 3.99. The lowest BCUT2D eigenvalue weighted by Crippen LogP contribution is -2.53. The molecule has 0 saturated carbocycles. The summed E-state index contributed by atoms with van der Waals surface area (Å²) in [6.07, 6.45) is 1.50. The highest BCUT2D eigenvalue weighted by atomic mass is 32.1. The van der Waals surface area contributed by atoms with E-state index in [9.17, 15) is 14.4 Å². The molecular formula is C14H21N5O3S. The van der Waals surface area contributed by atoms with E-state index >= 15 is 0 Å². The number of imide groups is 1. The normalized spacial score (nSPS) is 17.5. The van der Waals surface area contributed by atoms with Gasteiger partial charge in [0.05, 0.1) is 17.2 Å². The summed E-state index contributed by atoms with van der Waals surface area (Å²) in [5.74, 6) is -0.497. The van der Waals surface area contributed by atoms with Crippen LogP contribution in [-0.2, 0) is 4.79 Å². The number of amides is 4. The summed E-state index contributed by atoms with van der Waals surface area (Å²) >= 11 is 1.33. The van der Waals surface area contributed by atoms with Crippen molar-refractivity contribution in [3.8, 4) is 0 Å². The van der Waals surface area contributed by atoms with Crippen molar-refractivity contribution in [1.29, 1.82) is 0 Å². The fourth-order valence-electron chi connectivity index (χ4n) is 2.59. The maximum absolute atomic E-state index is 12.2. The molecule has 126 valence electrons. The standard InChI is InChI=1S/C14H21N5O3S/c1-8-11(23-7-16-8)13(21)17-10-3-5-19(6-4-10)9(2)12(20)18-14(15)22/h7,9-10H,3-6H2,1-2H3,(H,17,21)(H3,15,18,20,22)/t9-/m0/s1. The number of carbonyl (C=O) groups is 3. The van der Waals surface area contributed by atoms with Gasteiger partial charge in [-0.2, -0.15) is 0 Å². The summed E-state index contributed by atoms with van der Waals surface area (Å²) in [6.45, 7) is 4.88. The van der Waals surface area contributed by atoms with Crippen LogP contribution >= 0.6 is 11.3 Å². The molecule has 0 bridgehead atoms. The molecule has 2 heterocycles. The van der Waals surface area contributed by atoms with E-state index in [0.717, 1.165) is 18.5 Å². The van der Waals surface area contributed by atoms with Gasteiger partial charge in [0.15, 0.2) is 0 Å². The van der Waals surface area contributed by atoms with Gasteiger partial charge in [0.25, 0.3) is 5.91 Å². The molecule has 0 aromatic carbocycles. The number of thiazole rings is 1. The van der Waals surface area contributed by atoms with Gasteiger partial charge in [-0.15, -0.1) is 11.3 Å². The first kappa shape index (κ1) is 17.4. The molecule has 1 aliphatic rings. The van der Waals surface area contributed by atoms with Gasteiger partial charge in [0, 0.05) is 19.1 Å². The molecule has 8 nitrogen and oxygen atoms in total. The number of primary amides is 1. The van der Waals surface area contributed by atoms with Gasteiger partial charge in [0.1, 0.15) is 4.88 Å². The van der Waals surface area contributed by atoms with E-state index in [0.29, 0.717) is 18.0 Å². The molecule has 0 spiro atoms. The fraction of sp³-hybridized carbons (Fsp3) is 0.571. The topological polar surface area (TPSA) is 117 Å². The molecule has 2 rings (SSSR count). The van der Waals surface area contributed by atoms with Crippen LogP contribution in [-0.4, -0.2) is 52.9 Å². The van der Waals surface area contributed by atoms with Gasteiger partial charge in [0.2, 0.25) is 5.91 Å². The number of nitrogens with one attached hydrogen (secondary N) is 2. The fourth-order valence-corrected chi connectivity index (χ4v) is 3.30. The van der Waals surface area contributed by atoms with Crippen LogP contribution in [0.25, 0.3) is 0 Å². The zero-order valence-corrected chi connectivity index (χ0v) is 14.0. The summed E-state index contributed by atoms with van der Waals surface area (Å²) in [6, 6.07) is -1.20. The van der Waals surface area contributed by atoms with Crippen LogP contribution in [0.1, 0.15) is 35.1 Å². The molecule has 0 radical (unpaired) electrons. The van der Waals surface area contributed by atoms with Crippen molar-refractivity contribution in [3.63, 3.8) is 0 Å². The lowest BCUT2D eigenvalue weighted by atomic mass is 10.0. The van der Waals surface area contributed by atoms with Crippen molar-refractivity contribution >= 4 is 29.2 Å². The van der Waals surface area contributed by atoms with Gasteiger partial charge < -0.3 is 11.1 Å². The highest BCUT2D eigenvalue weighted by Crippen LogP contribution is 2.16. The third-order valence-corrected chi connectivity index (χ3v) is 4.92. The van der Waals surface area contributed by atoms with E-state index in [4.69, 9.17) is 5.73 Å². The van der Waals surface area contributed by atoms with Crippen LogP contribution in [0.5, 0.6) is 0 Å². The molecule has 1 aromatic rings. The van der Waals surface area contributed by atoms with E-state index in [-0.39, 0.29) is 11.9 Å². The Balaban J connectivity index is 1.82. The average Bonchev–Trinajstić information content (AvgIpc) is 2.93. The van der Waals surface area contributed by atoms with Gasteiger partial charge in [-0.25, -0.2) is 9.78 Å². The zero-order valence-electron chi connectivity index (χ0n) is 13.2. The zero-order chi connectivity index (χ0) is 17.0. The van der Waals surface area contributed by atoms with Gasteiger partial charge in [-0.05, 0) is 26.7 Å². The number of nitrogens with zero attached hydrogens (tertiary/aromatic N) is 2. The predicted octanol–water partition coefficient (Wildman–Crippen LogP) is 0.229. The number of likely N-dealkylation sites (tertiary alicyclic amines) is 1. The van der Waals surface area contributed by atoms with Gasteiger partial charge in [-0.1, -0.05) is 0 Å². The predicted molar refractivity (Wildman–Crippen MR) is 86.1 cm³/mol. The molecule has 0 aliphatic carbocycles. The van der Waals surface area contributed by atoms with E-state index in [2.05, 4.69) is 15.6 Å². The summed E-state index contributed by atoms with van der Waals surface area (Å²) in [7, 11) is 0. The number of rotatable bonds is 4. The first-order chi connectivity index (χ1) is 10.9. The lowest BCUT2D eigenvalue weighted by molar-refractivity contribution is -0.125. The summed E-state index contributed by atoms with van der Waals surface area (Å²) in [5.41, 5.74) is 7.35. The number of aryl methyl sites for hydroxylation is 1. The Morgan fingerprint density at radius 1 is 1.39 bits per heavy atom. The Morgan fingerprint density at radius 2 is 2.04 bits per heavy atom. The van der Waals surface area contributed by atoms with Crippen molar-refractivity contribution < 1.29 is 14.4 Å². The molecule has 1 saturated heterocycles. The van der Waals surface area contributed by atoms with Crippen LogP contribution < -0.4 is 16.4 Å². The van der Waals surface area contributed by atoms with Crippen LogP contribution in [0.2, 0.25) is 0 Å². The van der Waals surface area contributed by atoms with Crippen molar-refractivity contribution in [2.45, 2.75) is 38.8 Å². The van der Waals surface area contributed by atoms with Gasteiger partial charge >= 0.3 is 6.03 Å². The summed E-state index contributed by atoms with van der Waals surface area (Å²) in [4.78, 5) is 41.4. The first-order valence-electron chi connectivity index (χ1n) is 7.43. The minimum atomic E-state index is -0.844. The van der Waals surface area contributed by atoms with Crippen molar-refractivity contribution in [3.05, 3.63) is 16.1 Å². The number of piperidine rings is 1. The number of hydrogen-bond acceptors (Lipinski definition) is 6. The van der Waals surface area contributed by atoms with Crippen molar-refractivity contribution in [1.82, 2.24) is 20.5 Å². The molecule has 9 heteroatoms. The van der Waals surface area contributed by atoms with Crippen LogP contribution in [0.4, 0.5) is 4.79 Å². The minimum absolute atomic E-state index is 0.0756. The van der Waals surface area contributed by atoms with E-state index in [1.165, 1.54) is 11.3 Å². The number of nitrogens with two attached hydrogens (primary N) is 1. The average molecular weight is 339 g/mol. The summed E-state index contributed by atoms with van der Waals surface area (Å²) < 4.78 is 0. The quantitative estimate of drug-likeness (QED) is 0.726. The number of hydrogen-bond donors (Lipinski definition) is 3. The minimum Gasteiger partial charge on any atom is -0.351 e. The molecule has 4 N–H and O–H groups in total. The number of carbonyl (C=O) groups excluding carboxylic acids is 3. The van der Waals surface area contributed by atoms with Crippen molar-refractivity contribution in [2.24, 2.45) is 5.73 Å². The summed E-state index contributed by atoms with van der Waals surface area (Å²) in [5, 5.41) is 5.10. The Labute approximate surface area is 138 Å². The SMILES string of the molecule is Cc1ncsc1C(=O)NC1CCN([C@@H](C)C(=O)NC(N)=O)CC1. The molecule has 1 aromatic heterocycles. The van der Waals surface area contributed by atoms with E-state index in [1.807, 2.05) is 11.8 Å². The highest BCUT2D eigenvalue weighted by molar-refractivity contribution is 7.11. The Morgan fingerprint density at radius 3 is 2.57 bits per heavy atom. The molecular weight excluding hydrogens is 318 g/mol. The maximum Gasteiger partial charge on any atom is 0.318 e. The Kier molecular flexibility index (Phi) is 5.67. The molecule has 1 atom stereocenters. The number of aromatic nitrogens is 1. The second-order valence-electron chi connectivity index (χ2n) is 5.58. The molecule has 1 aliphatic heterocycles. The highest BCUT2D eigenvalue weighted by Gasteiger charge is 2.28.